The first-order valence-electron chi connectivity index (χ1n) is 10.8. The van der Waals surface area contributed by atoms with Crippen LogP contribution in [0.25, 0.3) is 22.0 Å². The minimum absolute atomic E-state index is 0.0546. The van der Waals surface area contributed by atoms with Crippen LogP contribution in [-0.4, -0.2) is 58.6 Å². The summed E-state index contributed by atoms with van der Waals surface area (Å²) in [6, 6.07) is 14.6. The number of nitrogens with zero attached hydrogens (tertiary/aromatic N) is 6. The standard InChI is InChI=1S/C25H26N6O/c1-30(2)25-20(11-18-5-3-4-6-22(18)29-25)15-31-9-10-32-24(16-31)23-8-7-19(14-28-23)21-12-26-17-27-13-21/h3-8,11-14,17,24H,9-10,15-16H2,1-2H3. The van der Waals surface area contributed by atoms with Crippen molar-refractivity contribution >= 4 is 16.7 Å². The van der Waals surface area contributed by atoms with Gasteiger partial charge < -0.3 is 9.64 Å². The topological polar surface area (TPSA) is 67.3 Å². The summed E-state index contributed by atoms with van der Waals surface area (Å²) in [6.07, 6.45) is 6.93. The van der Waals surface area contributed by atoms with Gasteiger partial charge in [-0.1, -0.05) is 24.3 Å². The Balaban J connectivity index is 1.34. The number of pyridine rings is 2. The van der Waals surface area contributed by atoms with Gasteiger partial charge in [0.2, 0.25) is 0 Å². The van der Waals surface area contributed by atoms with Crippen molar-refractivity contribution in [2.24, 2.45) is 0 Å². The zero-order valence-corrected chi connectivity index (χ0v) is 18.3. The highest BCUT2D eigenvalue weighted by Crippen LogP contribution is 2.27. The number of hydrogen-bond acceptors (Lipinski definition) is 7. The Labute approximate surface area is 187 Å². The summed E-state index contributed by atoms with van der Waals surface area (Å²) >= 11 is 0. The number of aromatic nitrogens is 4. The second kappa shape index (κ2) is 8.98. The van der Waals surface area contributed by atoms with Crippen molar-refractivity contribution in [2.75, 3.05) is 38.7 Å². The van der Waals surface area contributed by atoms with Gasteiger partial charge in [0.15, 0.2) is 0 Å². The molecule has 0 saturated carbocycles. The number of morpholine rings is 1. The molecule has 4 heterocycles. The van der Waals surface area contributed by atoms with Crippen LogP contribution < -0.4 is 4.90 Å². The van der Waals surface area contributed by atoms with Crippen LogP contribution in [0.3, 0.4) is 0 Å². The Morgan fingerprint density at radius 1 is 1.03 bits per heavy atom. The van der Waals surface area contributed by atoms with E-state index in [1.807, 2.05) is 32.4 Å². The monoisotopic (exact) mass is 426 g/mol. The first-order chi connectivity index (χ1) is 15.7. The van der Waals surface area contributed by atoms with Crippen molar-refractivity contribution in [1.29, 1.82) is 0 Å². The molecule has 0 radical (unpaired) electrons. The van der Waals surface area contributed by atoms with Gasteiger partial charge in [-0.05, 0) is 18.2 Å². The second-order valence-corrected chi connectivity index (χ2v) is 8.25. The van der Waals surface area contributed by atoms with E-state index in [1.165, 1.54) is 17.3 Å². The van der Waals surface area contributed by atoms with Gasteiger partial charge in [0.1, 0.15) is 18.2 Å². The van der Waals surface area contributed by atoms with Crippen LogP contribution >= 0.6 is 0 Å². The third-order valence-electron chi connectivity index (χ3n) is 5.76. The van der Waals surface area contributed by atoms with Crippen LogP contribution in [0, 0.1) is 0 Å². The van der Waals surface area contributed by atoms with E-state index in [9.17, 15) is 0 Å². The molecule has 1 atom stereocenters. The Morgan fingerprint density at radius 3 is 2.66 bits per heavy atom. The van der Waals surface area contributed by atoms with Gasteiger partial charge in [0, 0.05) is 74.4 Å². The lowest BCUT2D eigenvalue weighted by Crippen LogP contribution is -2.38. The molecule has 3 aromatic heterocycles. The fourth-order valence-corrected chi connectivity index (χ4v) is 4.13. The van der Waals surface area contributed by atoms with Gasteiger partial charge in [-0.15, -0.1) is 0 Å². The molecule has 0 amide bonds. The lowest BCUT2D eigenvalue weighted by Gasteiger charge is -2.33. The van der Waals surface area contributed by atoms with E-state index in [0.29, 0.717) is 6.61 Å². The average Bonchev–Trinajstić information content (AvgIpc) is 2.84. The molecular weight excluding hydrogens is 400 g/mol. The lowest BCUT2D eigenvalue weighted by atomic mass is 10.1. The highest BCUT2D eigenvalue weighted by molar-refractivity contribution is 5.81. The van der Waals surface area contributed by atoms with Crippen LogP contribution in [-0.2, 0) is 11.3 Å². The van der Waals surface area contributed by atoms with E-state index in [1.54, 1.807) is 12.4 Å². The maximum atomic E-state index is 6.07. The van der Waals surface area contributed by atoms with Gasteiger partial charge in [-0.25, -0.2) is 15.0 Å². The van der Waals surface area contributed by atoms with Gasteiger partial charge in [-0.2, -0.15) is 0 Å². The summed E-state index contributed by atoms with van der Waals surface area (Å²) in [5.41, 5.74) is 5.15. The van der Waals surface area contributed by atoms with E-state index in [-0.39, 0.29) is 6.10 Å². The van der Waals surface area contributed by atoms with E-state index in [2.05, 4.69) is 55.1 Å². The molecule has 162 valence electrons. The Morgan fingerprint density at radius 2 is 1.88 bits per heavy atom. The maximum absolute atomic E-state index is 6.07. The van der Waals surface area contributed by atoms with Crippen molar-refractivity contribution in [3.05, 3.63) is 78.6 Å². The average molecular weight is 427 g/mol. The molecule has 4 aromatic rings. The summed E-state index contributed by atoms with van der Waals surface area (Å²) < 4.78 is 6.07. The third-order valence-corrected chi connectivity index (χ3v) is 5.76. The molecule has 0 aliphatic carbocycles. The fourth-order valence-electron chi connectivity index (χ4n) is 4.13. The number of rotatable bonds is 5. The van der Waals surface area contributed by atoms with Gasteiger partial charge in [0.05, 0.1) is 17.8 Å². The first-order valence-corrected chi connectivity index (χ1v) is 10.8. The second-order valence-electron chi connectivity index (χ2n) is 8.25. The minimum atomic E-state index is -0.0546. The number of benzene rings is 1. The van der Waals surface area contributed by atoms with Gasteiger partial charge >= 0.3 is 0 Å². The summed E-state index contributed by atoms with van der Waals surface area (Å²) in [7, 11) is 4.10. The zero-order chi connectivity index (χ0) is 21.9. The van der Waals surface area contributed by atoms with Crippen molar-refractivity contribution in [2.45, 2.75) is 12.6 Å². The van der Waals surface area contributed by atoms with Crippen molar-refractivity contribution in [3.8, 4) is 11.1 Å². The molecule has 0 spiro atoms. The van der Waals surface area contributed by atoms with Gasteiger partial charge in [0.25, 0.3) is 0 Å². The van der Waals surface area contributed by atoms with E-state index < -0.39 is 0 Å². The van der Waals surface area contributed by atoms with Crippen LogP contribution in [0.2, 0.25) is 0 Å². The molecule has 7 heteroatoms. The summed E-state index contributed by atoms with van der Waals surface area (Å²) in [6.45, 7) is 3.18. The maximum Gasteiger partial charge on any atom is 0.133 e. The predicted octanol–water partition coefficient (Wildman–Crippen LogP) is 3.73. The largest absolute Gasteiger partial charge is 0.369 e. The molecule has 1 saturated heterocycles. The van der Waals surface area contributed by atoms with Crippen LogP contribution in [0.4, 0.5) is 5.82 Å². The van der Waals surface area contributed by atoms with Crippen LogP contribution in [0.1, 0.15) is 17.4 Å². The summed E-state index contributed by atoms with van der Waals surface area (Å²) in [4.78, 5) is 22.3. The molecule has 7 nitrogen and oxygen atoms in total. The summed E-state index contributed by atoms with van der Waals surface area (Å²) in [5, 5.41) is 1.17. The molecule has 1 aromatic carbocycles. The Kier molecular flexibility index (Phi) is 5.75. The molecular formula is C25H26N6O. The number of hydrogen-bond donors (Lipinski definition) is 0. The highest BCUT2D eigenvalue weighted by atomic mass is 16.5. The number of anilines is 1. The van der Waals surface area contributed by atoms with Crippen molar-refractivity contribution in [1.82, 2.24) is 24.8 Å². The molecule has 0 N–H and O–H groups in total. The normalized spacial score (nSPS) is 16.9. The Hall–Kier alpha value is -3.42. The Bertz CT molecular complexity index is 1200. The molecule has 0 bridgehead atoms. The van der Waals surface area contributed by atoms with E-state index in [4.69, 9.17) is 9.72 Å². The number of fused-ring (bicyclic) bond motifs is 1. The minimum Gasteiger partial charge on any atom is -0.369 e. The predicted molar refractivity (Wildman–Crippen MR) is 125 cm³/mol. The molecule has 1 fully saturated rings. The molecule has 32 heavy (non-hydrogen) atoms. The SMILES string of the molecule is CN(C)c1nc2ccccc2cc1CN1CCOC(c2ccc(-c3cncnc3)cn2)C1. The smallest absolute Gasteiger partial charge is 0.133 e. The van der Waals surface area contributed by atoms with Crippen molar-refractivity contribution < 1.29 is 4.74 Å². The van der Waals surface area contributed by atoms with Crippen LogP contribution in [0.15, 0.2) is 67.4 Å². The van der Waals surface area contributed by atoms with Crippen LogP contribution in [0.5, 0.6) is 0 Å². The number of para-hydroxylation sites is 1. The summed E-state index contributed by atoms with van der Waals surface area (Å²) in [5.74, 6) is 1.01. The van der Waals surface area contributed by atoms with Gasteiger partial charge in [-0.3, -0.25) is 9.88 Å². The molecule has 1 unspecified atom stereocenters. The number of ether oxygens (including phenoxy) is 1. The first kappa shape index (κ1) is 20.5. The quantitative estimate of drug-likeness (QED) is 0.482. The lowest BCUT2D eigenvalue weighted by molar-refractivity contribution is -0.0349. The van der Waals surface area contributed by atoms with Crippen molar-refractivity contribution in [3.63, 3.8) is 0 Å². The van der Waals surface area contributed by atoms with E-state index >= 15 is 0 Å². The fraction of sp³-hybridized carbons (Fsp3) is 0.280. The van der Waals surface area contributed by atoms with E-state index in [0.717, 1.165) is 47.8 Å². The molecule has 1 aliphatic rings. The molecule has 5 rings (SSSR count). The third kappa shape index (κ3) is 4.30. The zero-order valence-electron chi connectivity index (χ0n) is 18.3. The molecule has 1 aliphatic heterocycles. The highest BCUT2D eigenvalue weighted by Gasteiger charge is 2.24.